The number of para-hydroxylation sites is 1. The molecule has 2 heteroatoms. The molecule has 2 nitrogen and oxygen atoms in total. The highest BCUT2D eigenvalue weighted by atomic mass is 16.5. The van der Waals surface area contributed by atoms with Crippen LogP contribution in [0, 0.1) is 0 Å². The van der Waals surface area contributed by atoms with E-state index in [-0.39, 0.29) is 6.61 Å². The zero-order valence-corrected chi connectivity index (χ0v) is 10.4. The second kappa shape index (κ2) is 5.12. The summed E-state index contributed by atoms with van der Waals surface area (Å²) in [7, 11) is 0. The lowest BCUT2D eigenvalue weighted by molar-refractivity contribution is 0.278. The molecule has 0 aromatic heterocycles. The Balaban J connectivity index is 2.08. The van der Waals surface area contributed by atoms with E-state index in [1.165, 1.54) is 0 Å². The lowest BCUT2D eigenvalue weighted by atomic mass is 10.0. The van der Waals surface area contributed by atoms with Crippen molar-refractivity contribution >= 4 is 10.8 Å². The van der Waals surface area contributed by atoms with Gasteiger partial charge in [-0.1, -0.05) is 48.5 Å². The Morgan fingerprint density at radius 2 is 1.53 bits per heavy atom. The zero-order valence-electron chi connectivity index (χ0n) is 10.4. The van der Waals surface area contributed by atoms with Gasteiger partial charge in [0.2, 0.25) is 0 Å². The first-order valence-corrected chi connectivity index (χ1v) is 6.23. The van der Waals surface area contributed by atoms with E-state index >= 15 is 0 Å². The van der Waals surface area contributed by atoms with Crippen molar-refractivity contribution in [1.82, 2.24) is 0 Å². The predicted molar refractivity (Wildman–Crippen MR) is 76.4 cm³/mol. The third kappa shape index (κ3) is 2.30. The summed E-state index contributed by atoms with van der Waals surface area (Å²) in [5, 5.41) is 11.7. The van der Waals surface area contributed by atoms with Crippen LogP contribution >= 0.6 is 0 Å². The molecule has 0 spiro atoms. The lowest BCUT2D eigenvalue weighted by Gasteiger charge is -2.12. The Morgan fingerprint density at radius 3 is 2.32 bits per heavy atom. The van der Waals surface area contributed by atoms with E-state index in [1.807, 2.05) is 66.7 Å². The maximum Gasteiger partial charge on any atom is 0.133 e. The van der Waals surface area contributed by atoms with E-state index in [2.05, 4.69) is 0 Å². The average molecular weight is 250 g/mol. The van der Waals surface area contributed by atoms with Crippen molar-refractivity contribution in [3.8, 4) is 11.5 Å². The van der Waals surface area contributed by atoms with Gasteiger partial charge in [-0.2, -0.15) is 0 Å². The molecule has 1 N–H and O–H groups in total. The average Bonchev–Trinajstić information content (AvgIpc) is 2.48. The van der Waals surface area contributed by atoms with Crippen molar-refractivity contribution in [2.45, 2.75) is 6.61 Å². The van der Waals surface area contributed by atoms with Gasteiger partial charge in [0.05, 0.1) is 6.61 Å². The standard InChI is InChI=1S/C17H14O2/c18-12-16-15-9-5-4-6-13(15)10-11-17(16)19-14-7-2-1-3-8-14/h1-11,18H,12H2. The van der Waals surface area contributed by atoms with Crippen LogP contribution in [0.4, 0.5) is 0 Å². The summed E-state index contributed by atoms with van der Waals surface area (Å²) in [6.45, 7) is -0.0382. The summed E-state index contributed by atoms with van der Waals surface area (Å²) in [6.07, 6.45) is 0. The van der Waals surface area contributed by atoms with Gasteiger partial charge >= 0.3 is 0 Å². The molecule has 0 aliphatic heterocycles. The highest BCUT2D eigenvalue weighted by Crippen LogP contribution is 2.31. The van der Waals surface area contributed by atoms with Crippen LogP contribution in [0.2, 0.25) is 0 Å². The summed E-state index contributed by atoms with van der Waals surface area (Å²) in [5.74, 6) is 1.47. The van der Waals surface area contributed by atoms with Gasteiger partial charge in [-0.15, -0.1) is 0 Å². The van der Waals surface area contributed by atoms with Crippen molar-refractivity contribution in [1.29, 1.82) is 0 Å². The molecule has 3 aromatic carbocycles. The third-order valence-electron chi connectivity index (χ3n) is 3.13. The van der Waals surface area contributed by atoms with Crippen LogP contribution in [0.25, 0.3) is 10.8 Å². The molecular formula is C17H14O2. The van der Waals surface area contributed by atoms with Gasteiger partial charge in [-0.25, -0.2) is 0 Å². The van der Waals surface area contributed by atoms with Crippen LogP contribution in [0.3, 0.4) is 0 Å². The molecule has 0 aliphatic rings. The fraction of sp³-hybridized carbons (Fsp3) is 0.0588. The van der Waals surface area contributed by atoms with Crippen LogP contribution in [-0.2, 0) is 6.61 Å². The normalized spacial score (nSPS) is 10.6. The highest BCUT2D eigenvalue weighted by Gasteiger charge is 2.08. The number of aliphatic hydroxyl groups is 1. The van der Waals surface area contributed by atoms with Crippen LogP contribution in [0.15, 0.2) is 66.7 Å². The van der Waals surface area contributed by atoms with Gasteiger partial charge in [-0.05, 0) is 29.0 Å². The van der Waals surface area contributed by atoms with Crippen molar-refractivity contribution in [2.24, 2.45) is 0 Å². The molecule has 0 aliphatic carbocycles. The fourth-order valence-electron chi connectivity index (χ4n) is 2.19. The maximum absolute atomic E-state index is 9.61. The second-order valence-corrected chi connectivity index (χ2v) is 4.34. The molecule has 0 saturated carbocycles. The lowest BCUT2D eigenvalue weighted by Crippen LogP contribution is -1.93. The Morgan fingerprint density at radius 1 is 0.789 bits per heavy atom. The zero-order chi connectivity index (χ0) is 13.1. The molecule has 0 atom stereocenters. The van der Waals surface area contributed by atoms with Crippen molar-refractivity contribution in [3.63, 3.8) is 0 Å². The molecular weight excluding hydrogens is 236 g/mol. The largest absolute Gasteiger partial charge is 0.457 e. The van der Waals surface area contributed by atoms with Crippen LogP contribution in [0.5, 0.6) is 11.5 Å². The van der Waals surface area contributed by atoms with E-state index in [4.69, 9.17) is 4.74 Å². The first kappa shape index (κ1) is 11.8. The smallest absolute Gasteiger partial charge is 0.133 e. The van der Waals surface area contributed by atoms with E-state index in [0.717, 1.165) is 22.1 Å². The van der Waals surface area contributed by atoms with Gasteiger partial charge in [0.1, 0.15) is 11.5 Å². The highest BCUT2D eigenvalue weighted by molar-refractivity contribution is 5.87. The molecule has 0 fully saturated rings. The van der Waals surface area contributed by atoms with Crippen LogP contribution in [-0.4, -0.2) is 5.11 Å². The molecule has 94 valence electrons. The first-order chi connectivity index (χ1) is 9.38. The van der Waals surface area contributed by atoms with Gasteiger partial charge in [0.15, 0.2) is 0 Å². The maximum atomic E-state index is 9.61. The fourth-order valence-corrected chi connectivity index (χ4v) is 2.19. The monoisotopic (exact) mass is 250 g/mol. The van der Waals surface area contributed by atoms with Gasteiger partial charge in [0.25, 0.3) is 0 Å². The van der Waals surface area contributed by atoms with Crippen molar-refractivity contribution < 1.29 is 9.84 Å². The predicted octanol–water partition coefficient (Wildman–Crippen LogP) is 4.12. The number of hydrogen-bond donors (Lipinski definition) is 1. The summed E-state index contributed by atoms with van der Waals surface area (Å²) < 4.78 is 5.85. The Bertz CT molecular complexity index is 690. The second-order valence-electron chi connectivity index (χ2n) is 4.34. The van der Waals surface area contributed by atoms with E-state index in [9.17, 15) is 5.11 Å². The summed E-state index contributed by atoms with van der Waals surface area (Å²) in [6, 6.07) is 21.5. The molecule has 3 rings (SSSR count). The number of hydrogen-bond acceptors (Lipinski definition) is 2. The van der Waals surface area contributed by atoms with Gasteiger partial charge < -0.3 is 9.84 Å². The number of benzene rings is 3. The van der Waals surface area contributed by atoms with Gasteiger partial charge in [-0.3, -0.25) is 0 Å². The molecule has 0 bridgehead atoms. The molecule has 0 unspecified atom stereocenters. The minimum absolute atomic E-state index is 0.0382. The first-order valence-electron chi connectivity index (χ1n) is 6.23. The van der Waals surface area contributed by atoms with Crippen molar-refractivity contribution in [2.75, 3.05) is 0 Å². The molecule has 0 heterocycles. The van der Waals surface area contributed by atoms with Crippen LogP contribution < -0.4 is 4.74 Å². The Labute approximate surface area is 111 Å². The number of aliphatic hydroxyl groups excluding tert-OH is 1. The molecule has 0 amide bonds. The molecule has 0 radical (unpaired) electrons. The van der Waals surface area contributed by atoms with E-state index in [0.29, 0.717) is 5.75 Å². The van der Waals surface area contributed by atoms with E-state index < -0.39 is 0 Å². The summed E-state index contributed by atoms with van der Waals surface area (Å²) in [5.41, 5.74) is 0.821. The van der Waals surface area contributed by atoms with E-state index in [1.54, 1.807) is 0 Å². The van der Waals surface area contributed by atoms with Crippen molar-refractivity contribution in [3.05, 3.63) is 72.3 Å². The molecule has 3 aromatic rings. The van der Waals surface area contributed by atoms with Crippen LogP contribution in [0.1, 0.15) is 5.56 Å². The number of fused-ring (bicyclic) bond motifs is 1. The quantitative estimate of drug-likeness (QED) is 0.757. The summed E-state index contributed by atoms with van der Waals surface area (Å²) >= 11 is 0. The third-order valence-corrected chi connectivity index (χ3v) is 3.13. The number of ether oxygens (including phenoxy) is 1. The Kier molecular flexibility index (Phi) is 3.17. The molecule has 19 heavy (non-hydrogen) atoms. The minimum Gasteiger partial charge on any atom is -0.457 e. The number of rotatable bonds is 3. The topological polar surface area (TPSA) is 29.5 Å². The van der Waals surface area contributed by atoms with Gasteiger partial charge in [0, 0.05) is 5.56 Å². The minimum atomic E-state index is -0.0382. The SMILES string of the molecule is OCc1c(Oc2ccccc2)ccc2ccccc12. The molecule has 0 saturated heterocycles. The summed E-state index contributed by atoms with van der Waals surface area (Å²) in [4.78, 5) is 0. The Hall–Kier alpha value is -2.32.